The number of nitrogen functional groups attached to an aromatic ring is 1. The third kappa shape index (κ3) is 2.81. The van der Waals surface area contributed by atoms with Gasteiger partial charge in [-0.25, -0.2) is 4.98 Å². The number of nitrogens with zero attached hydrogens (tertiary/aromatic N) is 2. The van der Waals surface area contributed by atoms with Gasteiger partial charge in [-0.3, -0.25) is 4.79 Å². The first-order chi connectivity index (χ1) is 8.72. The van der Waals surface area contributed by atoms with Gasteiger partial charge < -0.3 is 20.9 Å². The van der Waals surface area contributed by atoms with Crippen molar-refractivity contribution in [2.45, 2.75) is 19.3 Å². The lowest BCUT2D eigenvalue weighted by atomic mass is 9.93. The molecule has 100 valence electrons. The van der Waals surface area contributed by atoms with E-state index < -0.39 is 0 Å². The van der Waals surface area contributed by atoms with E-state index in [1.807, 2.05) is 7.05 Å². The second-order valence-corrected chi connectivity index (χ2v) is 4.79. The van der Waals surface area contributed by atoms with Crippen LogP contribution >= 0.6 is 0 Å². The molecular formula is C12H21N5O. The van der Waals surface area contributed by atoms with Crippen LogP contribution in [0.1, 0.15) is 19.3 Å². The number of aromatic amines is 1. The third-order valence-corrected chi connectivity index (χ3v) is 3.58. The number of piperidine rings is 1. The molecule has 0 radical (unpaired) electrons. The van der Waals surface area contributed by atoms with Crippen molar-refractivity contribution in [3.05, 3.63) is 16.7 Å². The normalized spacial score (nSPS) is 17.1. The van der Waals surface area contributed by atoms with Crippen molar-refractivity contribution in [2.24, 2.45) is 5.92 Å². The highest BCUT2D eigenvalue weighted by Crippen LogP contribution is 2.25. The molecule has 0 amide bonds. The zero-order valence-corrected chi connectivity index (χ0v) is 10.8. The van der Waals surface area contributed by atoms with E-state index in [4.69, 9.17) is 5.73 Å². The Balaban J connectivity index is 1.97. The van der Waals surface area contributed by atoms with Crippen molar-refractivity contribution in [3.63, 3.8) is 0 Å². The molecule has 2 heterocycles. The van der Waals surface area contributed by atoms with Gasteiger partial charge in [0.2, 0.25) is 0 Å². The fraction of sp³-hybridized carbons (Fsp3) is 0.667. The van der Waals surface area contributed by atoms with E-state index >= 15 is 0 Å². The fourth-order valence-corrected chi connectivity index (χ4v) is 2.43. The van der Waals surface area contributed by atoms with E-state index in [1.165, 1.54) is 12.7 Å². The van der Waals surface area contributed by atoms with Crippen LogP contribution in [0.3, 0.4) is 0 Å². The second-order valence-electron chi connectivity index (χ2n) is 4.79. The number of hydrogen-bond donors (Lipinski definition) is 3. The predicted molar refractivity (Wildman–Crippen MR) is 72.8 cm³/mol. The molecule has 4 N–H and O–H groups in total. The molecule has 0 aliphatic carbocycles. The fourth-order valence-electron chi connectivity index (χ4n) is 2.43. The van der Waals surface area contributed by atoms with Gasteiger partial charge >= 0.3 is 0 Å². The highest BCUT2D eigenvalue weighted by molar-refractivity contribution is 5.60. The largest absolute Gasteiger partial charge is 0.391 e. The highest BCUT2D eigenvalue weighted by Gasteiger charge is 2.21. The lowest BCUT2D eigenvalue weighted by Crippen LogP contribution is -2.36. The lowest BCUT2D eigenvalue weighted by Gasteiger charge is -2.33. The number of anilines is 2. The van der Waals surface area contributed by atoms with Gasteiger partial charge in [0, 0.05) is 13.1 Å². The van der Waals surface area contributed by atoms with Crippen LogP contribution in [0.4, 0.5) is 11.5 Å². The SMILES string of the molecule is CNCCC1CCN(c2nc[nH]c(=O)c2N)CC1. The molecule has 1 aromatic heterocycles. The minimum Gasteiger partial charge on any atom is -0.391 e. The number of hydrogen-bond acceptors (Lipinski definition) is 5. The Morgan fingerprint density at radius 2 is 2.28 bits per heavy atom. The van der Waals surface area contributed by atoms with Crippen LogP contribution in [0, 0.1) is 5.92 Å². The zero-order chi connectivity index (χ0) is 13.0. The van der Waals surface area contributed by atoms with E-state index in [0.29, 0.717) is 5.82 Å². The molecule has 18 heavy (non-hydrogen) atoms. The van der Waals surface area contributed by atoms with E-state index in [9.17, 15) is 4.79 Å². The summed E-state index contributed by atoms with van der Waals surface area (Å²) in [7, 11) is 1.98. The van der Waals surface area contributed by atoms with Gasteiger partial charge in [0.05, 0.1) is 6.33 Å². The molecule has 1 aromatic rings. The molecule has 0 bridgehead atoms. The summed E-state index contributed by atoms with van der Waals surface area (Å²) in [6.07, 6.45) is 4.90. The smallest absolute Gasteiger partial charge is 0.276 e. The van der Waals surface area contributed by atoms with Crippen LogP contribution in [0.2, 0.25) is 0 Å². The lowest BCUT2D eigenvalue weighted by molar-refractivity contribution is 0.377. The van der Waals surface area contributed by atoms with Crippen molar-refractivity contribution in [1.29, 1.82) is 0 Å². The molecule has 0 unspecified atom stereocenters. The quantitative estimate of drug-likeness (QED) is 0.710. The Morgan fingerprint density at radius 1 is 1.56 bits per heavy atom. The molecule has 1 aliphatic rings. The van der Waals surface area contributed by atoms with Gasteiger partial charge in [0.15, 0.2) is 5.82 Å². The minimum absolute atomic E-state index is 0.228. The maximum atomic E-state index is 11.4. The van der Waals surface area contributed by atoms with Crippen LogP contribution in [-0.2, 0) is 0 Å². The second kappa shape index (κ2) is 5.86. The Hall–Kier alpha value is -1.56. The van der Waals surface area contributed by atoms with Crippen LogP contribution in [0.15, 0.2) is 11.1 Å². The summed E-state index contributed by atoms with van der Waals surface area (Å²) in [4.78, 5) is 20.2. The molecule has 0 spiro atoms. The highest BCUT2D eigenvalue weighted by atomic mass is 16.1. The number of nitrogens with two attached hydrogens (primary N) is 1. The van der Waals surface area contributed by atoms with E-state index in [0.717, 1.165) is 38.4 Å². The molecule has 2 rings (SSSR count). The van der Waals surface area contributed by atoms with Gasteiger partial charge in [-0.15, -0.1) is 0 Å². The minimum atomic E-state index is -0.252. The van der Waals surface area contributed by atoms with Crippen LogP contribution < -0.4 is 21.5 Å². The van der Waals surface area contributed by atoms with Gasteiger partial charge in [-0.2, -0.15) is 0 Å². The molecule has 0 atom stereocenters. The molecular weight excluding hydrogens is 230 g/mol. The Bertz CT molecular complexity index is 436. The monoisotopic (exact) mass is 251 g/mol. The van der Waals surface area contributed by atoms with Crippen LogP contribution in [0.25, 0.3) is 0 Å². The summed E-state index contributed by atoms with van der Waals surface area (Å²) < 4.78 is 0. The standard InChI is InChI=1S/C12H21N5O/c1-14-5-2-9-3-6-17(7-4-9)11-10(13)12(18)16-8-15-11/h8-9,14H,2-7,13H2,1H3,(H,15,16,18). The van der Waals surface area contributed by atoms with Crippen molar-refractivity contribution in [2.75, 3.05) is 37.3 Å². The van der Waals surface area contributed by atoms with Gasteiger partial charge in [0.25, 0.3) is 5.56 Å². The molecule has 0 saturated carbocycles. The molecule has 1 aliphatic heterocycles. The molecule has 6 heteroatoms. The molecule has 6 nitrogen and oxygen atoms in total. The van der Waals surface area contributed by atoms with Crippen molar-refractivity contribution < 1.29 is 0 Å². The number of aromatic nitrogens is 2. The average molecular weight is 251 g/mol. The van der Waals surface area contributed by atoms with E-state index in [-0.39, 0.29) is 11.2 Å². The Kier molecular flexibility index (Phi) is 4.19. The predicted octanol–water partition coefficient (Wildman–Crippen LogP) is 0.178. The summed E-state index contributed by atoms with van der Waals surface area (Å²) in [5.41, 5.74) is 5.75. The summed E-state index contributed by atoms with van der Waals surface area (Å²) in [6.45, 7) is 2.92. The third-order valence-electron chi connectivity index (χ3n) is 3.58. The number of H-pyrrole nitrogens is 1. The summed E-state index contributed by atoms with van der Waals surface area (Å²) >= 11 is 0. The van der Waals surface area contributed by atoms with Gasteiger partial charge in [-0.05, 0) is 38.8 Å². The van der Waals surface area contributed by atoms with Crippen molar-refractivity contribution in [3.8, 4) is 0 Å². The molecule has 1 fully saturated rings. The van der Waals surface area contributed by atoms with Gasteiger partial charge in [0.1, 0.15) is 5.69 Å². The number of rotatable bonds is 4. The average Bonchev–Trinajstić information content (AvgIpc) is 2.40. The molecule has 1 saturated heterocycles. The van der Waals surface area contributed by atoms with E-state index in [2.05, 4.69) is 20.2 Å². The molecule has 0 aromatic carbocycles. The zero-order valence-electron chi connectivity index (χ0n) is 10.8. The summed E-state index contributed by atoms with van der Waals surface area (Å²) in [5, 5.41) is 3.18. The Labute approximate surface area is 107 Å². The first kappa shape index (κ1) is 12.9. The summed E-state index contributed by atoms with van der Waals surface area (Å²) in [5.74, 6) is 1.39. The first-order valence-electron chi connectivity index (χ1n) is 6.45. The number of nitrogens with one attached hydrogen (secondary N) is 2. The van der Waals surface area contributed by atoms with Gasteiger partial charge in [-0.1, -0.05) is 0 Å². The van der Waals surface area contributed by atoms with Crippen molar-refractivity contribution >= 4 is 11.5 Å². The maximum absolute atomic E-state index is 11.4. The van der Waals surface area contributed by atoms with E-state index in [1.54, 1.807) is 0 Å². The Morgan fingerprint density at radius 3 is 2.94 bits per heavy atom. The maximum Gasteiger partial charge on any atom is 0.276 e. The van der Waals surface area contributed by atoms with Crippen LogP contribution in [0.5, 0.6) is 0 Å². The van der Waals surface area contributed by atoms with Crippen molar-refractivity contribution in [1.82, 2.24) is 15.3 Å². The van der Waals surface area contributed by atoms with Crippen LogP contribution in [-0.4, -0.2) is 36.6 Å². The summed E-state index contributed by atoms with van der Waals surface area (Å²) in [6, 6.07) is 0. The topological polar surface area (TPSA) is 87.0 Å². The first-order valence-corrected chi connectivity index (χ1v) is 6.45.